The number of carboxylic acid groups (broad SMARTS) is 1. The molecule has 104 valence electrons. The average Bonchev–Trinajstić information content (AvgIpc) is 2.87. The van der Waals surface area contributed by atoms with Crippen LogP contribution in [0, 0.1) is 6.92 Å². The average molecular weight is 287 g/mol. The molecule has 1 aromatic carbocycles. The van der Waals surface area contributed by atoms with E-state index in [-0.39, 0.29) is 0 Å². The van der Waals surface area contributed by atoms with Crippen molar-refractivity contribution in [2.45, 2.75) is 26.3 Å². The predicted octanol–water partition coefficient (Wildman–Crippen LogP) is 3.71. The third-order valence-electron chi connectivity index (χ3n) is 3.75. The van der Waals surface area contributed by atoms with Gasteiger partial charge in [-0.05, 0) is 48.4 Å². The minimum atomic E-state index is -0.823. The molecule has 0 spiro atoms. The smallest absolute Gasteiger partial charge is 0.346 e. The van der Waals surface area contributed by atoms with Crippen molar-refractivity contribution >= 4 is 23.0 Å². The van der Waals surface area contributed by atoms with Crippen LogP contribution < -0.4 is 4.90 Å². The van der Waals surface area contributed by atoms with Gasteiger partial charge in [-0.15, -0.1) is 11.3 Å². The third kappa shape index (κ3) is 2.43. The first kappa shape index (κ1) is 13.2. The molecule has 2 aromatic rings. The van der Waals surface area contributed by atoms with Gasteiger partial charge in [-0.25, -0.2) is 4.79 Å². The van der Waals surface area contributed by atoms with Crippen molar-refractivity contribution in [2.24, 2.45) is 0 Å². The molecule has 0 aliphatic carbocycles. The van der Waals surface area contributed by atoms with E-state index in [2.05, 4.69) is 30.0 Å². The summed E-state index contributed by atoms with van der Waals surface area (Å²) in [5.74, 6) is -0.823. The lowest BCUT2D eigenvalue weighted by Crippen LogP contribution is -2.29. The van der Waals surface area contributed by atoms with Crippen LogP contribution in [-0.2, 0) is 13.0 Å². The lowest BCUT2D eigenvalue weighted by molar-refractivity contribution is 0.0701. The van der Waals surface area contributed by atoms with Crippen molar-refractivity contribution < 1.29 is 9.90 Å². The van der Waals surface area contributed by atoms with Crippen LogP contribution >= 0.6 is 11.3 Å². The lowest BCUT2D eigenvalue weighted by atomic mass is 9.99. The molecule has 1 aliphatic heterocycles. The summed E-state index contributed by atoms with van der Waals surface area (Å²) >= 11 is 1.30. The van der Waals surface area contributed by atoms with Crippen LogP contribution in [-0.4, -0.2) is 17.6 Å². The number of benzene rings is 1. The maximum absolute atomic E-state index is 11.2. The van der Waals surface area contributed by atoms with Gasteiger partial charge in [0.25, 0.3) is 0 Å². The zero-order valence-electron chi connectivity index (χ0n) is 11.4. The number of aromatic carboxylic acids is 1. The van der Waals surface area contributed by atoms with Gasteiger partial charge < -0.3 is 10.0 Å². The first-order chi connectivity index (χ1) is 9.65. The molecule has 3 rings (SSSR count). The van der Waals surface area contributed by atoms with E-state index in [0.717, 1.165) is 24.9 Å². The number of carbonyl (C=O) groups is 1. The topological polar surface area (TPSA) is 40.5 Å². The Kier molecular flexibility index (Phi) is 3.49. The molecule has 1 aliphatic rings. The van der Waals surface area contributed by atoms with Gasteiger partial charge in [-0.3, -0.25) is 0 Å². The Labute approximate surface area is 122 Å². The van der Waals surface area contributed by atoms with E-state index in [1.54, 1.807) is 0 Å². The van der Waals surface area contributed by atoms with Crippen molar-refractivity contribution in [3.8, 4) is 0 Å². The van der Waals surface area contributed by atoms with Crippen LogP contribution in [0.3, 0.4) is 0 Å². The zero-order chi connectivity index (χ0) is 14.1. The number of fused-ring (bicyclic) bond motifs is 1. The Hall–Kier alpha value is -1.81. The Bertz CT molecular complexity index is 648. The lowest BCUT2D eigenvalue weighted by Gasteiger charge is -2.31. The minimum Gasteiger partial charge on any atom is -0.477 e. The van der Waals surface area contributed by atoms with Crippen LogP contribution in [0.1, 0.15) is 32.8 Å². The minimum absolute atomic E-state index is 0.462. The monoisotopic (exact) mass is 287 g/mol. The number of aryl methyl sites for hydroxylation is 2. The molecule has 0 radical (unpaired) electrons. The van der Waals surface area contributed by atoms with Crippen LogP contribution in [0.4, 0.5) is 5.69 Å². The van der Waals surface area contributed by atoms with E-state index in [1.165, 1.54) is 28.2 Å². The standard InChI is InChI=1S/C16H17NO2S/c1-11-4-5-14-12(9-11)3-2-7-17(14)10-13-6-8-20-15(13)16(18)19/h4-6,8-9H,2-3,7,10H2,1H3,(H,18,19). The highest BCUT2D eigenvalue weighted by Gasteiger charge is 2.20. The highest BCUT2D eigenvalue weighted by atomic mass is 32.1. The van der Waals surface area contributed by atoms with Crippen LogP contribution in [0.5, 0.6) is 0 Å². The van der Waals surface area contributed by atoms with E-state index in [1.807, 2.05) is 11.4 Å². The van der Waals surface area contributed by atoms with Gasteiger partial charge in [-0.2, -0.15) is 0 Å². The molecule has 0 unspecified atom stereocenters. The van der Waals surface area contributed by atoms with Gasteiger partial charge in [0.15, 0.2) is 0 Å². The Morgan fingerprint density at radius 1 is 1.40 bits per heavy atom. The van der Waals surface area contributed by atoms with Gasteiger partial charge in [0, 0.05) is 18.8 Å². The van der Waals surface area contributed by atoms with Gasteiger partial charge >= 0.3 is 5.97 Å². The molecule has 0 fully saturated rings. The Balaban J connectivity index is 1.90. The van der Waals surface area contributed by atoms with Crippen LogP contribution in [0.25, 0.3) is 0 Å². The van der Waals surface area contributed by atoms with Gasteiger partial charge in [-0.1, -0.05) is 17.7 Å². The number of nitrogens with zero attached hydrogens (tertiary/aromatic N) is 1. The summed E-state index contributed by atoms with van der Waals surface area (Å²) < 4.78 is 0. The fourth-order valence-corrected chi connectivity index (χ4v) is 3.57. The number of rotatable bonds is 3. The quantitative estimate of drug-likeness (QED) is 0.935. The summed E-state index contributed by atoms with van der Waals surface area (Å²) in [6.07, 6.45) is 2.24. The molecule has 0 amide bonds. The Morgan fingerprint density at radius 3 is 3.05 bits per heavy atom. The summed E-state index contributed by atoms with van der Waals surface area (Å²) in [7, 11) is 0. The van der Waals surface area contributed by atoms with Gasteiger partial charge in [0.1, 0.15) is 4.88 Å². The molecule has 0 saturated heterocycles. The molecular weight excluding hydrogens is 270 g/mol. The number of carboxylic acids is 1. The molecule has 4 heteroatoms. The second-order valence-electron chi connectivity index (χ2n) is 5.24. The van der Waals surface area contributed by atoms with Crippen molar-refractivity contribution in [3.63, 3.8) is 0 Å². The van der Waals surface area contributed by atoms with Crippen LogP contribution in [0.2, 0.25) is 0 Å². The first-order valence-electron chi connectivity index (χ1n) is 6.79. The summed E-state index contributed by atoms with van der Waals surface area (Å²) in [4.78, 5) is 14.0. The van der Waals surface area contributed by atoms with E-state index in [9.17, 15) is 9.90 Å². The van der Waals surface area contributed by atoms with Gasteiger partial charge in [0.05, 0.1) is 0 Å². The molecule has 2 heterocycles. The van der Waals surface area contributed by atoms with E-state index >= 15 is 0 Å². The van der Waals surface area contributed by atoms with Crippen molar-refractivity contribution in [3.05, 3.63) is 51.2 Å². The number of hydrogen-bond donors (Lipinski definition) is 1. The second kappa shape index (κ2) is 5.29. The Morgan fingerprint density at radius 2 is 2.25 bits per heavy atom. The number of anilines is 1. The van der Waals surface area contributed by atoms with Crippen LogP contribution in [0.15, 0.2) is 29.6 Å². The molecular formula is C16H17NO2S. The summed E-state index contributed by atoms with van der Waals surface area (Å²) in [5.41, 5.74) is 4.83. The van der Waals surface area contributed by atoms with Gasteiger partial charge in [0.2, 0.25) is 0 Å². The maximum atomic E-state index is 11.2. The molecule has 0 atom stereocenters. The largest absolute Gasteiger partial charge is 0.477 e. The van der Waals surface area contributed by atoms with Crippen molar-refractivity contribution in [1.29, 1.82) is 0 Å². The molecule has 20 heavy (non-hydrogen) atoms. The fraction of sp³-hybridized carbons (Fsp3) is 0.312. The highest BCUT2D eigenvalue weighted by molar-refractivity contribution is 7.12. The molecule has 0 bridgehead atoms. The maximum Gasteiger partial charge on any atom is 0.346 e. The SMILES string of the molecule is Cc1ccc2c(c1)CCCN2Cc1ccsc1C(=O)O. The normalized spacial score (nSPS) is 14.2. The zero-order valence-corrected chi connectivity index (χ0v) is 12.2. The molecule has 0 saturated carbocycles. The first-order valence-corrected chi connectivity index (χ1v) is 7.67. The van der Waals surface area contributed by atoms with E-state index in [0.29, 0.717) is 11.4 Å². The van der Waals surface area contributed by atoms with E-state index in [4.69, 9.17) is 0 Å². The number of hydrogen-bond acceptors (Lipinski definition) is 3. The fourth-order valence-electron chi connectivity index (χ4n) is 2.82. The summed E-state index contributed by atoms with van der Waals surface area (Å²) in [6.45, 7) is 3.78. The summed E-state index contributed by atoms with van der Waals surface area (Å²) in [5, 5.41) is 11.1. The van der Waals surface area contributed by atoms with Crippen molar-refractivity contribution in [2.75, 3.05) is 11.4 Å². The molecule has 1 N–H and O–H groups in total. The summed E-state index contributed by atoms with van der Waals surface area (Å²) in [6, 6.07) is 8.46. The van der Waals surface area contributed by atoms with E-state index < -0.39 is 5.97 Å². The third-order valence-corrected chi connectivity index (χ3v) is 4.70. The number of thiophene rings is 1. The highest BCUT2D eigenvalue weighted by Crippen LogP contribution is 2.30. The predicted molar refractivity (Wildman–Crippen MR) is 81.8 cm³/mol. The molecule has 1 aromatic heterocycles. The van der Waals surface area contributed by atoms with Crippen molar-refractivity contribution in [1.82, 2.24) is 0 Å². The molecule has 3 nitrogen and oxygen atoms in total. The second-order valence-corrected chi connectivity index (χ2v) is 6.15.